The predicted molar refractivity (Wildman–Crippen MR) is 76.5 cm³/mol. The molecule has 0 saturated heterocycles. The number of fused-ring (bicyclic) bond motifs is 1. The molecule has 6 nitrogen and oxygen atoms in total. The van der Waals surface area contributed by atoms with Crippen molar-refractivity contribution < 1.29 is 13.2 Å². The molecule has 0 radical (unpaired) electrons. The summed E-state index contributed by atoms with van der Waals surface area (Å²) in [7, 11) is 1.61. The number of hydrogen-bond acceptors (Lipinski definition) is 6. The van der Waals surface area contributed by atoms with Gasteiger partial charge in [0.25, 0.3) is 5.19 Å². The molecule has 8 heteroatoms. The van der Waals surface area contributed by atoms with Crippen LogP contribution in [-0.4, -0.2) is 30.1 Å². The Balaban J connectivity index is 0.000000452. The van der Waals surface area contributed by atoms with E-state index in [0.29, 0.717) is 5.19 Å². The second kappa shape index (κ2) is 6.40. The van der Waals surface area contributed by atoms with Gasteiger partial charge in [-0.3, -0.25) is 0 Å². The van der Waals surface area contributed by atoms with Gasteiger partial charge in [-0.1, -0.05) is 29.8 Å². The van der Waals surface area contributed by atoms with E-state index < -0.39 is 11.6 Å². The van der Waals surface area contributed by atoms with Crippen LogP contribution in [0, 0.1) is 6.92 Å². The number of benzene rings is 1. The lowest BCUT2D eigenvalue weighted by Gasteiger charge is -1.96. The molecule has 0 aliphatic heterocycles. The summed E-state index contributed by atoms with van der Waals surface area (Å²) in [6.45, 7) is 2.07. The van der Waals surface area contributed by atoms with Gasteiger partial charge < -0.3 is 4.74 Å². The van der Waals surface area contributed by atoms with E-state index in [0.717, 1.165) is 16.2 Å². The second-order valence-electron chi connectivity index (χ2n) is 3.86. The molecule has 0 N–H and O–H groups in total. The average Bonchev–Trinajstić information content (AvgIpc) is 2.98. The van der Waals surface area contributed by atoms with Gasteiger partial charge in [0.1, 0.15) is 0 Å². The highest BCUT2D eigenvalue weighted by Gasteiger charge is 2.09. The lowest BCUT2D eigenvalue weighted by atomic mass is 10.1. The minimum Gasteiger partial charge on any atom is -0.472 e. The van der Waals surface area contributed by atoms with Crippen LogP contribution in [0.1, 0.15) is 5.56 Å². The topological polar surface area (TPSA) is 73.6 Å². The number of aromatic nitrogens is 3. The van der Waals surface area contributed by atoms with Crippen molar-refractivity contribution in [1.82, 2.24) is 14.6 Å². The number of imidazole rings is 1. The molecular formula is C12H11N3O3S2. The summed E-state index contributed by atoms with van der Waals surface area (Å²) in [5.74, 6) is 0. The van der Waals surface area contributed by atoms with E-state index in [-0.39, 0.29) is 0 Å². The Morgan fingerprint density at radius 2 is 1.90 bits per heavy atom. The number of hydrogen-bond donors (Lipinski definition) is 0. The van der Waals surface area contributed by atoms with Crippen LogP contribution in [-0.2, 0) is 11.6 Å². The van der Waals surface area contributed by atoms with E-state index in [9.17, 15) is 0 Å². The van der Waals surface area contributed by atoms with Crippen molar-refractivity contribution in [2.75, 3.05) is 7.11 Å². The van der Waals surface area contributed by atoms with Crippen molar-refractivity contribution in [1.29, 1.82) is 0 Å². The maximum absolute atomic E-state index is 8.29. The zero-order chi connectivity index (χ0) is 14.5. The van der Waals surface area contributed by atoms with Crippen LogP contribution in [0.25, 0.3) is 16.2 Å². The van der Waals surface area contributed by atoms with Crippen molar-refractivity contribution >= 4 is 27.9 Å². The van der Waals surface area contributed by atoms with Gasteiger partial charge in [-0.2, -0.15) is 8.42 Å². The third kappa shape index (κ3) is 3.09. The first-order valence-electron chi connectivity index (χ1n) is 5.57. The maximum Gasteiger partial charge on any atom is 0.335 e. The fraction of sp³-hybridized carbons (Fsp3) is 0.167. The lowest BCUT2D eigenvalue weighted by Crippen LogP contribution is -1.84. The molecule has 0 aliphatic carbocycles. The van der Waals surface area contributed by atoms with Crippen molar-refractivity contribution in [2.45, 2.75) is 6.92 Å². The predicted octanol–water partition coefficient (Wildman–Crippen LogP) is 2.10. The highest BCUT2D eigenvalue weighted by Crippen LogP contribution is 2.25. The number of ether oxygens (including phenoxy) is 1. The molecule has 104 valence electrons. The van der Waals surface area contributed by atoms with Crippen molar-refractivity contribution in [3.63, 3.8) is 0 Å². The van der Waals surface area contributed by atoms with Crippen LogP contribution in [0.4, 0.5) is 0 Å². The van der Waals surface area contributed by atoms with Gasteiger partial charge >= 0.3 is 11.6 Å². The van der Waals surface area contributed by atoms with Gasteiger partial charge in [-0.15, -0.1) is 5.10 Å². The molecule has 0 aliphatic rings. The number of methoxy groups -OCH3 is 1. The van der Waals surface area contributed by atoms with E-state index in [4.69, 9.17) is 13.2 Å². The summed E-state index contributed by atoms with van der Waals surface area (Å²) in [5, 5.41) is 4.87. The molecule has 0 bridgehead atoms. The SMILES string of the molecule is COc1nn2cc(-c3ccc(C)cc3)nc2s1.O=S=O. The van der Waals surface area contributed by atoms with Crippen molar-refractivity contribution in [3.8, 4) is 16.5 Å². The molecule has 0 fully saturated rings. The zero-order valence-corrected chi connectivity index (χ0v) is 12.4. The molecule has 3 rings (SSSR count). The van der Waals surface area contributed by atoms with Gasteiger partial charge in [-0.25, -0.2) is 9.50 Å². The summed E-state index contributed by atoms with van der Waals surface area (Å²) < 4.78 is 23.4. The van der Waals surface area contributed by atoms with Crippen LogP contribution in [0.15, 0.2) is 30.5 Å². The lowest BCUT2D eigenvalue weighted by molar-refractivity contribution is 0.405. The molecule has 2 heterocycles. The van der Waals surface area contributed by atoms with Crippen LogP contribution >= 0.6 is 11.3 Å². The summed E-state index contributed by atoms with van der Waals surface area (Å²) in [4.78, 5) is 5.37. The summed E-state index contributed by atoms with van der Waals surface area (Å²) in [6, 6.07) is 8.30. The number of aryl methyl sites for hydroxylation is 1. The third-order valence-corrected chi connectivity index (χ3v) is 3.43. The van der Waals surface area contributed by atoms with Crippen LogP contribution < -0.4 is 4.74 Å². The molecule has 0 spiro atoms. The quantitative estimate of drug-likeness (QED) is 0.725. The van der Waals surface area contributed by atoms with Gasteiger partial charge in [0.05, 0.1) is 19.0 Å². The zero-order valence-electron chi connectivity index (χ0n) is 10.8. The van der Waals surface area contributed by atoms with Crippen LogP contribution in [0.2, 0.25) is 0 Å². The van der Waals surface area contributed by atoms with E-state index >= 15 is 0 Å². The molecule has 3 aromatic rings. The minimum absolute atomic E-state index is 0.628. The van der Waals surface area contributed by atoms with E-state index in [1.807, 2.05) is 6.20 Å². The Morgan fingerprint density at radius 1 is 1.25 bits per heavy atom. The van der Waals surface area contributed by atoms with Crippen molar-refractivity contribution in [3.05, 3.63) is 36.0 Å². The fourth-order valence-corrected chi connectivity index (χ4v) is 2.33. The standard InChI is InChI=1S/C12H11N3OS.O2S/c1-8-3-5-9(6-4-8)10-7-15-11(13-10)17-12(14-15)16-2;1-3-2/h3-7H,1-2H3;. The summed E-state index contributed by atoms with van der Waals surface area (Å²) in [5.41, 5.74) is 3.29. The molecule has 20 heavy (non-hydrogen) atoms. The summed E-state index contributed by atoms with van der Waals surface area (Å²) >= 11 is 0.684. The van der Waals surface area contributed by atoms with E-state index in [1.54, 1.807) is 11.6 Å². The maximum atomic E-state index is 8.29. The molecule has 0 unspecified atom stereocenters. The minimum atomic E-state index is -0.750. The Labute approximate surface area is 122 Å². The van der Waals surface area contributed by atoms with Gasteiger partial charge in [0.2, 0.25) is 4.96 Å². The highest BCUT2D eigenvalue weighted by atomic mass is 32.1. The fourth-order valence-electron chi connectivity index (χ4n) is 1.63. The second-order valence-corrected chi connectivity index (χ2v) is 4.91. The summed E-state index contributed by atoms with van der Waals surface area (Å²) in [6.07, 6.45) is 1.92. The third-order valence-electron chi connectivity index (χ3n) is 2.55. The Bertz CT molecular complexity index is 711. The molecule has 0 amide bonds. The van der Waals surface area contributed by atoms with Gasteiger partial charge in [-0.05, 0) is 18.3 Å². The molecule has 1 aromatic carbocycles. The molecule has 0 atom stereocenters. The smallest absolute Gasteiger partial charge is 0.335 e. The Hall–Kier alpha value is -2.06. The molecule has 2 aromatic heterocycles. The average molecular weight is 309 g/mol. The molecule has 0 saturated carbocycles. The molecular weight excluding hydrogens is 298 g/mol. The number of rotatable bonds is 2. The van der Waals surface area contributed by atoms with Crippen molar-refractivity contribution in [2.24, 2.45) is 0 Å². The normalized spacial score (nSPS) is 9.90. The Kier molecular flexibility index (Phi) is 4.59. The highest BCUT2D eigenvalue weighted by molar-refractivity contribution is 7.51. The monoisotopic (exact) mass is 309 g/mol. The van der Waals surface area contributed by atoms with Gasteiger partial charge in [0.15, 0.2) is 0 Å². The first kappa shape index (κ1) is 14.4. The van der Waals surface area contributed by atoms with Gasteiger partial charge in [0, 0.05) is 5.56 Å². The van der Waals surface area contributed by atoms with Crippen LogP contribution in [0.3, 0.4) is 0 Å². The van der Waals surface area contributed by atoms with E-state index in [1.165, 1.54) is 16.9 Å². The van der Waals surface area contributed by atoms with Crippen LogP contribution in [0.5, 0.6) is 5.19 Å². The first-order chi connectivity index (χ1) is 9.67. The number of nitrogens with zero attached hydrogens (tertiary/aromatic N) is 3. The van der Waals surface area contributed by atoms with E-state index in [2.05, 4.69) is 41.3 Å². The Morgan fingerprint density at radius 3 is 2.45 bits per heavy atom. The largest absolute Gasteiger partial charge is 0.472 e. The first-order valence-corrected chi connectivity index (χ1v) is 7.05.